The van der Waals surface area contributed by atoms with Gasteiger partial charge in [0.05, 0.1) is 33.3 Å². The number of methoxy groups -OCH3 is 3. The molecule has 26 heavy (non-hydrogen) atoms. The second kappa shape index (κ2) is 8.67. The van der Waals surface area contributed by atoms with Crippen LogP contribution in [0.15, 0.2) is 48.5 Å². The monoisotopic (exact) mass is 353 g/mol. The van der Waals surface area contributed by atoms with Gasteiger partial charge in [0.1, 0.15) is 11.5 Å². The second-order valence-corrected chi connectivity index (χ2v) is 5.47. The third-order valence-corrected chi connectivity index (χ3v) is 4.06. The van der Waals surface area contributed by atoms with Crippen molar-refractivity contribution in [3.05, 3.63) is 59.7 Å². The molecule has 6 heteroatoms. The highest BCUT2D eigenvalue weighted by Gasteiger charge is 2.36. The molecule has 2 unspecified atom stereocenters. The summed E-state index contributed by atoms with van der Waals surface area (Å²) in [6.07, 6.45) is 0. The number of ketones is 1. The van der Waals surface area contributed by atoms with E-state index in [9.17, 15) is 14.9 Å². The Morgan fingerprint density at radius 3 is 1.81 bits per heavy atom. The van der Waals surface area contributed by atoms with Crippen molar-refractivity contribution in [2.45, 2.75) is 5.92 Å². The zero-order chi connectivity index (χ0) is 19.1. The number of carbonyl (C=O) groups is 2. The fourth-order valence-electron chi connectivity index (χ4n) is 2.63. The molecule has 2 atom stereocenters. The lowest BCUT2D eigenvalue weighted by Crippen LogP contribution is -2.28. The number of hydrogen-bond donors (Lipinski definition) is 0. The van der Waals surface area contributed by atoms with Crippen LogP contribution < -0.4 is 9.47 Å². The fraction of sp³-hybridized carbons (Fsp3) is 0.250. The lowest BCUT2D eigenvalue weighted by molar-refractivity contribution is -0.143. The van der Waals surface area contributed by atoms with E-state index in [-0.39, 0.29) is 5.78 Å². The van der Waals surface area contributed by atoms with Crippen molar-refractivity contribution in [2.24, 2.45) is 5.92 Å². The van der Waals surface area contributed by atoms with Gasteiger partial charge in [0.2, 0.25) is 0 Å². The third-order valence-electron chi connectivity index (χ3n) is 4.06. The second-order valence-electron chi connectivity index (χ2n) is 5.47. The zero-order valence-electron chi connectivity index (χ0n) is 14.8. The highest BCUT2D eigenvalue weighted by Crippen LogP contribution is 2.31. The van der Waals surface area contributed by atoms with Crippen LogP contribution in [0.3, 0.4) is 0 Å². The molecule has 0 aliphatic rings. The van der Waals surface area contributed by atoms with Crippen LogP contribution in [0.5, 0.6) is 11.5 Å². The first-order valence-corrected chi connectivity index (χ1v) is 7.85. The molecular formula is C20H19NO5. The molecule has 0 N–H and O–H groups in total. The molecule has 0 aliphatic heterocycles. The first-order chi connectivity index (χ1) is 12.5. The van der Waals surface area contributed by atoms with Crippen molar-refractivity contribution in [3.8, 4) is 17.6 Å². The summed E-state index contributed by atoms with van der Waals surface area (Å²) in [7, 11) is 4.25. The van der Waals surface area contributed by atoms with Crippen LogP contribution in [0.2, 0.25) is 0 Å². The van der Waals surface area contributed by atoms with Crippen LogP contribution in [0, 0.1) is 17.2 Å². The van der Waals surface area contributed by atoms with Gasteiger partial charge in [-0.2, -0.15) is 5.26 Å². The summed E-state index contributed by atoms with van der Waals surface area (Å²) in [6.45, 7) is 0. The normalized spacial score (nSPS) is 12.4. The third kappa shape index (κ3) is 4.01. The topological polar surface area (TPSA) is 85.6 Å². The Morgan fingerprint density at radius 1 is 0.885 bits per heavy atom. The molecule has 0 bridgehead atoms. The number of esters is 1. The molecule has 0 heterocycles. The van der Waals surface area contributed by atoms with E-state index in [4.69, 9.17) is 14.2 Å². The van der Waals surface area contributed by atoms with E-state index >= 15 is 0 Å². The summed E-state index contributed by atoms with van der Waals surface area (Å²) in [4.78, 5) is 25.2. The molecule has 0 saturated heterocycles. The molecule has 0 aromatic heterocycles. The molecule has 134 valence electrons. The maximum atomic E-state index is 13.1. The van der Waals surface area contributed by atoms with Crippen LogP contribution in [-0.4, -0.2) is 33.1 Å². The Hall–Kier alpha value is -3.33. The molecule has 0 saturated carbocycles. The predicted octanol–water partition coefficient (Wildman–Crippen LogP) is 2.98. The van der Waals surface area contributed by atoms with Crippen molar-refractivity contribution in [3.63, 3.8) is 0 Å². The number of carbonyl (C=O) groups excluding carboxylic acids is 2. The molecule has 0 spiro atoms. The molecule has 2 aromatic rings. The SMILES string of the molecule is COC(=O)C(C#N)C(C(=O)c1ccc(OC)cc1)c1ccc(OC)cc1. The molecule has 2 aromatic carbocycles. The van der Waals surface area contributed by atoms with Gasteiger partial charge in [-0.15, -0.1) is 0 Å². The van der Waals surface area contributed by atoms with Gasteiger partial charge in [-0.05, 0) is 42.0 Å². The minimum absolute atomic E-state index is 0.352. The Labute approximate surface area is 151 Å². The molecule has 0 radical (unpaired) electrons. The molecule has 0 fully saturated rings. The highest BCUT2D eigenvalue weighted by molar-refractivity contribution is 6.04. The minimum Gasteiger partial charge on any atom is -0.497 e. The number of benzene rings is 2. The van der Waals surface area contributed by atoms with Gasteiger partial charge in [0.15, 0.2) is 11.7 Å². The summed E-state index contributed by atoms with van der Waals surface area (Å²) in [5, 5.41) is 9.49. The average Bonchev–Trinajstić information content (AvgIpc) is 2.71. The molecule has 0 aliphatic carbocycles. The predicted molar refractivity (Wildman–Crippen MR) is 94.2 cm³/mol. The Morgan fingerprint density at radius 2 is 1.38 bits per heavy atom. The molecular weight excluding hydrogens is 334 g/mol. The van der Waals surface area contributed by atoms with Crippen molar-refractivity contribution < 1.29 is 23.8 Å². The van der Waals surface area contributed by atoms with Gasteiger partial charge in [-0.1, -0.05) is 12.1 Å². The first-order valence-electron chi connectivity index (χ1n) is 7.85. The van der Waals surface area contributed by atoms with E-state index in [1.807, 2.05) is 6.07 Å². The lowest BCUT2D eigenvalue weighted by Gasteiger charge is -2.20. The fourth-order valence-corrected chi connectivity index (χ4v) is 2.63. The van der Waals surface area contributed by atoms with Crippen LogP contribution in [-0.2, 0) is 9.53 Å². The number of Topliss-reactive ketones (excluding diaryl/α,β-unsaturated/α-hetero) is 1. The average molecular weight is 353 g/mol. The van der Waals surface area contributed by atoms with Gasteiger partial charge < -0.3 is 14.2 Å². The molecule has 0 amide bonds. The van der Waals surface area contributed by atoms with Gasteiger partial charge in [-0.3, -0.25) is 9.59 Å². The zero-order valence-corrected chi connectivity index (χ0v) is 14.8. The highest BCUT2D eigenvalue weighted by atomic mass is 16.5. The van der Waals surface area contributed by atoms with E-state index in [0.717, 1.165) is 0 Å². The summed E-state index contributed by atoms with van der Waals surface area (Å²) >= 11 is 0. The summed E-state index contributed by atoms with van der Waals surface area (Å²) < 4.78 is 14.9. The van der Waals surface area contributed by atoms with Gasteiger partial charge >= 0.3 is 5.97 Å². The molecule has 6 nitrogen and oxygen atoms in total. The number of ether oxygens (including phenoxy) is 3. The van der Waals surface area contributed by atoms with Crippen LogP contribution in [0.4, 0.5) is 0 Å². The maximum Gasteiger partial charge on any atom is 0.324 e. The minimum atomic E-state index is -1.26. The van der Waals surface area contributed by atoms with Crippen molar-refractivity contribution in [2.75, 3.05) is 21.3 Å². The van der Waals surface area contributed by atoms with E-state index in [1.165, 1.54) is 21.3 Å². The maximum absolute atomic E-state index is 13.1. The standard InChI is InChI=1S/C20H19NO5/c1-24-15-8-4-13(5-9-15)18(17(12-21)20(23)26-3)19(22)14-6-10-16(25-2)11-7-14/h4-11,17-18H,1-3H3. The van der Waals surface area contributed by atoms with Crippen LogP contribution >= 0.6 is 0 Å². The number of hydrogen-bond acceptors (Lipinski definition) is 6. The van der Waals surface area contributed by atoms with Crippen LogP contribution in [0.1, 0.15) is 21.8 Å². The van der Waals surface area contributed by atoms with Crippen molar-refractivity contribution >= 4 is 11.8 Å². The van der Waals surface area contributed by atoms with E-state index in [1.54, 1.807) is 48.5 Å². The largest absolute Gasteiger partial charge is 0.497 e. The van der Waals surface area contributed by atoms with E-state index < -0.39 is 17.8 Å². The number of nitrogens with zero attached hydrogens (tertiary/aromatic N) is 1. The summed E-state index contributed by atoms with van der Waals surface area (Å²) in [6, 6.07) is 15.1. The lowest BCUT2D eigenvalue weighted by atomic mass is 9.81. The quantitative estimate of drug-likeness (QED) is 0.562. The Balaban J connectivity index is 2.48. The van der Waals surface area contributed by atoms with Gasteiger partial charge in [0.25, 0.3) is 0 Å². The van der Waals surface area contributed by atoms with E-state index in [0.29, 0.717) is 22.6 Å². The number of rotatable bonds is 7. The van der Waals surface area contributed by atoms with Gasteiger partial charge in [-0.25, -0.2) is 0 Å². The Bertz CT molecular complexity index is 806. The number of nitriles is 1. The Kier molecular flexibility index (Phi) is 6.34. The summed E-state index contributed by atoms with van der Waals surface area (Å²) in [5.41, 5.74) is 0.902. The summed E-state index contributed by atoms with van der Waals surface area (Å²) in [5.74, 6) is -2.15. The molecule has 2 rings (SSSR count). The van der Waals surface area contributed by atoms with E-state index in [2.05, 4.69) is 0 Å². The first kappa shape index (κ1) is 19.0. The van der Waals surface area contributed by atoms with Crippen molar-refractivity contribution in [1.29, 1.82) is 5.26 Å². The smallest absolute Gasteiger partial charge is 0.324 e. The van der Waals surface area contributed by atoms with Gasteiger partial charge in [0, 0.05) is 5.56 Å². The van der Waals surface area contributed by atoms with Crippen molar-refractivity contribution in [1.82, 2.24) is 0 Å². The van der Waals surface area contributed by atoms with Crippen LogP contribution in [0.25, 0.3) is 0 Å².